The molecule has 1 aromatic rings. The normalized spacial score (nSPS) is 11.1. The Morgan fingerprint density at radius 3 is 1.87 bits per heavy atom. The van der Waals surface area contributed by atoms with Gasteiger partial charge in [0.15, 0.2) is 0 Å². The van der Waals surface area contributed by atoms with Crippen LogP contribution in [0.1, 0.15) is 52.0 Å². The second-order valence-electron chi connectivity index (χ2n) is 5.06. The number of hydrogen-bond donors (Lipinski definition) is 0. The summed E-state index contributed by atoms with van der Waals surface area (Å²) in [6.45, 7) is 14.9. The molecule has 86 valence electrons. The summed E-state index contributed by atoms with van der Waals surface area (Å²) in [5.41, 5.74) is 1.40. The Bertz CT molecular complexity index is 334. The van der Waals surface area contributed by atoms with Gasteiger partial charge in [-0.2, -0.15) is 0 Å². The topological polar surface area (TPSA) is 17.0 Å². The Labute approximate surface area is 107 Å². The van der Waals surface area contributed by atoms with E-state index in [0.29, 0.717) is 0 Å². The van der Waals surface area contributed by atoms with E-state index in [9.17, 15) is 0 Å². The molecule has 1 heterocycles. The van der Waals surface area contributed by atoms with E-state index in [1.54, 1.807) is 0 Å². The quantitative estimate of drug-likeness (QED) is 0.542. The predicted octanol–water partition coefficient (Wildman–Crippen LogP) is 2.90. The molecule has 0 fully saturated rings. The zero-order valence-corrected chi connectivity index (χ0v) is 13.7. The minimum absolute atomic E-state index is 0. The molecule has 0 atom stereocenters. The SMILES string of the molecule is Cc1oc(C)[n+]([C-](C)C)c1C(C)(C)C.[W]. The van der Waals surface area contributed by atoms with E-state index in [-0.39, 0.29) is 26.5 Å². The Balaban J connectivity index is 0.00000196. The van der Waals surface area contributed by atoms with Crippen LogP contribution in [0, 0.1) is 19.9 Å². The van der Waals surface area contributed by atoms with Crippen LogP contribution in [0.2, 0.25) is 0 Å². The summed E-state index contributed by atoms with van der Waals surface area (Å²) in [5, 5.41) is 0. The summed E-state index contributed by atoms with van der Waals surface area (Å²) in [5.74, 6) is 1.99. The summed E-state index contributed by atoms with van der Waals surface area (Å²) in [4.78, 5) is 0. The molecule has 0 aliphatic carbocycles. The smallest absolute Gasteiger partial charge is 0.240 e. The van der Waals surface area contributed by atoms with Crippen molar-refractivity contribution in [1.82, 2.24) is 0 Å². The van der Waals surface area contributed by atoms with E-state index in [2.05, 4.69) is 39.2 Å². The van der Waals surface area contributed by atoms with Crippen molar-refractivity contribution in [3.05, 3.63) is 23.4 Å². The zero-order valence-electron chi connectivity index (χ0n) is 10.8. The van der Waals surface area contributed by atoms with Crippen molar-refractivity contribution >= 4 is 0 Å². The Morgan fingerprint density at radius 1 is 1.13 bits per heavy atom. The first kappa shape index (κ1) is 14.8. The van der Waals surface area contributed by atoms with Crippen molar-refractivity contribution in [2.45, 2.75) is 53.9 Å². The summed E-state index contributed by atoms with van der Waals surface area (Å²) in [7, 11) is 0. The van der Waals surface area contributed by atoms with Gasteiger partial charge in [-0.25, -0.2) is 0 Å². The Hall–Kier alpha value is -0.232. The van der Waals surface area contributed by atoms with E-state index < -0.39 is 0 Å². The first-order valence-corrected chi connectivity index (χ1v) is 5.08. The van der Waals surface area contributed by atoms with E-state index in [0.717, 1.165) is 11.7 Å². The third kappa shape index (κ3) is 2.87. The number of oxazole rings is 1. The molecule has 0 bridgehead atoms. The van der Waals surface area contributed by atoms with Crippen LogP contribution < -0.4 is 4.57 Å². The van der Waals surface area contributed by atoms with E-state index in [1.165, 1.54) is 11.7 Å². The van der Waals surface area contributed by atoms with Crippen molar-refractivity contribution in [3.63, 3.8) is 0 Å². The number of hydrogen-bond acceptors (Lipinski definition) is 1. The van der Waals surface area contributed by atoms with Crippen molar-refractivity contribution < 1.29 is 30.0 Å². The van der Waals surface area contributed by atoms with Crippen LogP contribution in [-0.2, 0) is 26.5 Å². The molecule has 0 saturated heterocycles. The van der Waals surface area contributed by atoms with Crippen LogP contribution in [0.5, 0.6) is 0 Å². The second-order valence-corrected chi connectivity index (χ2v) is 5.06. The Morgan fingerprint density at radius 2 is 1.60 bits per heavy atom. The molecular weight excluding hydrogens is 358 g/mol. The molecule has 0 aliphatic heterocycles. The van der Waals surface area contributed by atoms with Gasteiger partial charge in [0.1, 0.15) is 11.5 Å². The van der Waals surface area contributed by atoms with Crippen molar-refractivity contribution in [2.75, 3.05) is 0 Å². The molecule has 0 N–H and O–H groups in total. The van der Waals surface area contributed by atoms with E-state index in [1.807, 2.05) is 13.8 Å². The van der Waals surface area contributed by atoms with Gasteiger partial charge in [0, 0.05) is 33.4 Å². The van der Waals surface area contributed by atoms with Gasteiger partial charge in [-0.3, -0.25) is 4.57 Å². The van der Waals surface area contributed by atoms with Gasteiger partial charge < -0.3 is 4.42 Å². The number of aromatic nitrogens is 1. The molecule has 0 unspecified atom stereocenters. The molecule has 15 heavy (non-hydrogen) atoms. The maximum atomic E-state index is 5.68. The fourth-order valence-corrected chi connectivity index (χ4v) is 2.03. The average Bonchev–Trinajstić information content (AvgIpc) is 2.23. The van der Waals surface area contributed by atoms with Crippen molar-refractivity contribution in [2.24, 2.45) is 0 Å². The minimum Gasteiger partial charge on any atom is -0.478 e. The van der Waals surface area contributed by atoms with Crippen molar-refractivity contribution in [3.8, 4) is 0 Å². The number of nitrogens with zero attached hydrogens (tertiary/aromatic N) is 1. The van der Waals surface area contributed by atoms with Crippen LogP contribution in [-0.4, -0.2) is 0 Å². The molecule has 1 aromatic heterocycles. The summed E-state index contributed by atoms with van der Waals surface area (Å²) < 4.78 is 7.88. The van der Waals surface area contributed by atoms with Gasteiger partial charge in [0.25, 0.3) is 0 Å². The van der Waals surface area contributed by atoms with Crippen LogP contribution in [0.3, 0.4) is 0 Å². The van der Waals surface area contributed by atoms with Gasteiger partial charge in [-0.05, 0) is 20.8 Å². The second kappa shape index (κ2) is 4.74. The first-order valence-electron chi connectivity index (χ1n) is 5.08. The zero-order chi connectivity index (χ0) is 11.1. The number of rotatable bonds is 1. The molecule has 2 nitrogen and oxygen atoms in total. The van der Waals surface area contributed by atoms with Gasteiger partial charge >= 0.3 is 0 Å². The largest absolute Gasteiger partial charge is 0.478 e. The standard InChI is InChI=1S/C12H21NO.W/c1-8(2)13-10(4)14-9(3)11(13)12(5,6)7;/h1-7H3;. The molecule has 3 heteroatoms. The first-order chi connectivity index (χ1) is 6.25. The van der Waals surface area contributed by atoms with Gasteiger partial charge in [-0.1, -0.05) is 20.8 Å². The molecule has 0 radical (unpaired) electrons. The molecular formula is C12H21NOW. The van der Waals surface area contributed by atoms with E-state index in [4.69, 9.17) is 4.42 Å². The summed E-state index contributed by atoms with van der Waals surface area (Å²) in [6, 6.07) is 1.25. The molecule has 1 rings (SSSR count). The molecule has 0 aromatic carbocycles. The maximum absolute atomic E-state index is 5.68. The van der Waals surface area contributed by atoms with Crippen LogP contribution in [0.15, 0.2) is 4.42 Å². The molecule has 0 spiro atoms. The van der Waals surface area contributed by atoms with Gasteiger partial charge in [0.05, 0.1) is 6.04 Å². The summed E-state index contributed by atoms with van der Waals surface area (Å²) in [6.07, 6.45) is 0. The van der Waals surface area contributed by atoms with Crippen LogP contribution in [0.4, 0.5) is 0 Å². The minimum atomic E-state index is 0. The average molecular weight is 379 g/mol. The van der Waals surface area contributed by atoms with Crippen molar-refractivity contribution in [1.29, 1.82) is 0 Å². The molecule has 0 amide bonds. The van der Waals surface area contributed by atoms with Gasteiger partial charge in [0.2, 0.25) is 5.89 Å². The molecule has 0 saturated carbocycles. The van der Waals surface area contributed by atoms with Gasteiger partial charge in [-0.15, -0.1) is 0 Å². The Kier molecular flexibility index (Phi) is 4.66. The fourth-order valence-electron chi connectivity index (χ4n) is 2.03. The number of aryl methyl sites for hydroxylation is 2. The van der Waals surface area contributed by atoms with Crippen LogP contribution in [0.25, 0.3) is 0 Å². The predicted molar refractivity (Wildman–Crippen MR) is 57.1 cm³/mol. The molecule has 0 aliphatic rings. The third-order valence-corrected chi connectivity index (χ3v) is 2.33. The fraction of sp³-hybridized carbons (Fsp3) is 0.667. The maximum Gasteiger partial charge on any atom is 0.240 e. The third-order valence-electron chi connectivity index (χ3n) is 2.33. The van der Waals surface area contributed by atoms with E-state index >= 15 is 0 Å². The van der Waals surface area contributed by atoms with Crippen LogP contribution >= 0.6 is 0 Å². The summed E-state index contributed by atoms with van der Waals surface area (Å²) >= 11 is 0. The monoisotopic (exact) mass is 379 g/mol.